The summed E-state index contributed by atoms with van der Waals surface area (Å²) in [6.07, 6.45) is -1.53. The quantitative estimate of drug-likeness (QED) is 0.664. The van der Waals surface area contributed by atoms with Crippen molar-refractivity contribution in [1.82, 2.24) is 9.80 Å². The molecule has 0 aliphatic carbocycles. The topological polar surface area (TPSA) is 43.8 Å². The number of aliphatic carboxylic acids is 1. The predicted molar refractivity (Wildman–Crippen MR) is 74.2 cm³/mol. The van der Waals surface area contributed by atoms with E-state index >= 15 is 0 Å². The van der Waals surface area contributed by atoms with Gasteiger partial charge in [0.15, 0.2) is 0 Å². The first kappa shape index (κ1) is 18.2. The molecule has 1 aliphatic heterocycles. The number of rotatable bonds is 9. The van der Waals surface area contributed by atoms with Gasteiger partial charge in [-0.25, -0.2) is 0 Å². The molecule has 1 atom stereocenters. The lowest BCUT2D eigenvalue weighted by atomic mass is 10.1. The fraction of sp³-hybridized carbons (Fsp3) is 0.929. The van der Waals surface area contributed by atoms with Gasteiger partial charge in [0, 0.05) is 19.5 Å². The van der Waals surface area contributed by atoms with Crippen molar-refractivity contribution in [3.63, 3.8) is 0 Å². The Balaban J connectivity index is 2.22. The highest BCUT2D eigenvalue weighted by atomic mass is 19.4. The van der Waals surface area contributed by atoms with Crippen LogP contribution in [-0.2, 0) is 4.79 Å². The van der Waals surface area contributed by atoms with Crippen molar-refractivity contribution in [2.75, 3.05) is 39.3 Å². The van der Waals surface area contributed by atoms with Crippen LogP contribution in [0.1, 0.15) is 32.6 Å². The zero-order chi connectivity index (χ0) is 15.9. The van der Waals surface area contributed by atoms with Gasteiger partial charge in [-0.05, 0) is 44.8 Å². The van der Waals surface area contributed by atoms with Crippen LogP contribution in [0, 0.1) is 5.92 Å². The number of alkyl halides is 3. The summed E-state index contributed by atoms with van der Waals surface area (Å²) in [5.74, 6) is -0.494. The fourth-order valence-electron chi connectivity index (χ4n) is 2.80. The zero-order valence-corrected chi connectivity index (χ0v) is 12.5. The van der Waals surface area contributed by atoms with Gasteiger partial charge in [-0.15, -0.1) is 0 Å². The molecular formula is C14H25F3N2O2. The highest BCUT2D eigenvalue weighted by Crippen LogP contribution is 2.21. The van der Waals surface area contributed by atoms with Gasteiger partial charge in [-0.1, -0.05) is 6.92 Å². The van der Waals surface area contributed by atoms with Gasteiger partial charge in [0.05, 0.1) is 6.54 Å². The number of hydrogen-bond donors (Lipinski definition) is 1. The maximum atomic E-state index is 12.4. The van der Waals surface area contributed by atoms with E-state index < -0.39 is 18.7 Å². The molecule has 0 aromatic carbocycles. The Labute approximate surface area is 123 Å². The minimum absolute atomic E-state index is 0.187. The molecule has 1 unspecified atom stereocenters. The molecule has 1 saturated heterocycles. The van der Waals surface area contributed by atoms with Crippen LogP contribution in [0.4, 0.5) is 13.2 Å². The zero-order valence-electron chi connectivity index (χ0n) is 12.5. The number of hydrogen-bond acceptors (Lipinski definition) is 3. The van der Waals surface area contributed by atoms with E-state index in [1.54, 1.807) is 6.92 Å². The van der Waals surface area contributed by atoms with E-state index in [4.69, 9.17) is 5.11 Å². The lowest BCUT2D eigenvalue weighted by Gasteiger charge is -2.25. The Kier molecular flexibility index (Phi) is 7.45. The Bertz CT molecular complexity index is 324. The average Bonchev–Trinajstić information content (AvgIpc) is 2.79. The number of likely N-dealkylation sites (tertiary alicyclic amines) is 1. The van der Waals surface area contributed by atoms with Crippen molar-refractivity contribution in [3.8, 4) is 0 Å². The Hall–Kier alpha value is -0.820. The molecule has 4 nitrogen and oxygen atoms in total. The first-order valence-corrected chi connectivity index (χ1v) is 7.53. The standard InChI is InChI=1S/C14H25F3N2O2/c1-2-18(11-14(15,16)17)9-12-6-8-19(10-12)7-4-3-5-13(20)21/h12H,2-11H2,1H3,(H,20,21). The highest BCUT2D eigenvalue weighted by molar-refractivity contribution is 5.66. The molecule has 0 amide bonds. The minimum Gasteiger partial charge on any atom is -0.481 e. The van der Waals surface area contributed by atoms with Crippen molar-refractivity contribution in [2.45, 2.75) is 38.8 Å². The fourth-order valence-corrected chi connectivity index (χ4v) is 2.80. The molecule has 21 heavy (non-hydrogen) atoms. The summed E-state index contributed by atoms with van der Waals surface area (Å²) >= 11 is 0. The van der Waals surface area contributed by atoms with E-state index in [1.807, 2.05) is 0 Å². The van der Waals surface area contributed by atoms with Gasteiger partial charge in [0.25, 0.3) is 0 Å². The second-order valence-corrected chi connectivity index (χ2v) is 5.75. The number of halogens is 3. The first-order chi connectivity index (χ1) is 9.80. The summed E-state index contributed by atoms with van der Waals surface area (Å²) in [5, 5.41) is 8.56. The van der Waals surface area contributed by atoms with Crippen molar-refractivity contribution in [1.29, 1.82) is 0 Å². The van der Waals surface area contributed by atoms with Crippen LogP contribution in [0.15, 0.2) is 0 Å². The van der Waals surface area contributed by atoms with E-state index in [0.29, 0.717) is 19.5 Å². The van der Waals surface area contributed by atoms with Gasteiger partial charge < -0.3 is 10.0 Å². The smallest absolute Gasteiger partial charge is 0.401 e. The molecular weight excluding hydrogens is 285 g/mol. The summed E-state index contributed by atoms with van der Waals surface area (Å²) in [6.45, 7) is 4.39. The van der Waals surface area contributed by atoms with Crippen molar-refractivity contribution >= 4 is 5.97 Å². The summed E-state index contributed by atoms with van der Waals surface area (Å²) in [7, 11) is 0. The van der Waals surface area contributed by atoms with E-state index in [9.17, 15) is 18.0 Å². The molecule has 0 saturated carbocycles. The van der Waals surface area contributed by atoms with Crippen LogP contribution in [0.3, 0.4) is 0 Å². The molecule has 0 bridgehead atoms. The third-order valence-electron chi connectivity index (χ3n) is 3.85. The van der Waals surface area contributed by atoms with E-state index in [-0.39, 0.29) is 12.3 Å². The monoisotopic (exact) mass is 310 g/mol. The maximum Gasteiger partial charge on any atom is 0.401 e. The molecule has 1 rings (SSSR count). The molecule has 124 valence electrons. The first-order valence-electron chi connectivity index (χ1n) is 7.53. The molecule has 0 radical (unpaired) electrons. The van der Waals surface area contributed by atoms with Gasteiger partial charge in [-0.3, -0.25) is 9.69 Å². The summed E-state index contributed by atoms with van der Waals surface area (Å²) < 4.78 is 37.2. The van der Waals surface area contributed by atoms with Gasteiger partial charge in [0.2, 0.25) is 0 Å². The Morgan fingerprint density at radius 2 is 2.10 bits per heavy atom. The number of carboxylic acids is 1. The summed E-state index contributed by atoms with van der Waals surface area (Å²) in [5.41, 5.74) is 0. The SMILES string of the molecule is CCN(CC1CCN(CCCCC(=O)O)C1)CC(F)(F)F. The molecule has 0 spiro atoms. The Morgan fingerprint density at radius 1 is 1.38 bits per heavy atom. The van der Waals surface area contributed by atoms with Crippen LogP contribution in [-0.4, -0.2) is 66.3 Å². The number of carboxylic acid groups (broad SMARTS) is 1. The average molecular weight is 310 g/mol. The normalized spacial score (nSPS) is 20.3. The second kappa shape index (κ2) is 8.58. The molecule has 7 heteroatoms. The second-order valence-electron chi connectivity index (χ2n) is 5.75. The number of nitrogens with zero attached hydrogens (tertiary/aromatic N) is 2. The molecule has 0 aromatic heterocycles. The molecule has 1 aliphatic rings. The van der Waals surface area contributed by atoms with Crippen molar-refractivity contribution in [2.24, 2.45) is 5.92 Å². The summed E-state index contributed by atoms with van der Waals surface area (Å²) in [4.78, 5) is 14.1. The lowest BCUT2D eigenvalue weighted by molar-refractivity contribution is -0.146. The number of unbranched alkanes of at least 4 members (excludes halogenated alkanes) is 1. The van der Waals surface area contributed by atoms with Crippen molar-refractivity contribution < 1.29 is 23.1 Å². The maximum absolute atomic E-state index is 12.4. The minimum atomic E-state index is -4.13. The third-order valence-corrected chi connectivity index (χ3v) is 3.85. The van der Waals surface area contributed by atoms with Crippen LogP contribution in [0.2, 0.25) is 0 Å². The van der Waals surface area contributed by atoms with Gasteiger partial charge in [0.1, 0.15) is 0 Å². The van der Waals surface area contributed by atoms with Crippen LogP contribution in [0.25, 0.3) is 0 Å². The third kappa shape index (κ3) is 8.26. The molecule has 1 fully saturated rings. The van der Waals surface area contributed by atoms with E-state index in [0.717, 1.165) is 32.5 Å². The molecule has 0 aromatic rings. The molecule has 1 N–H and O–H groups in total. The molecule has 1 heterocycles. The summed E-state index contributed by atoms with van der Waals surface area (Å²) in [6, 6.07) is 0. The van der Waals surface area contributed by atoms with Crippen LogP contribution < -0.4 is 0 Å². The Morgan fingerprint density at radius 3 is 2.67 bits per heavy atom. The van der Waals surface area contributed by atoms with Crippen LogP contribution in [0.5, 0.6) is 0 Å². The van der Waals surface area contributed by atoms with Crippen LogP contribution >= 0.6 is 0 Å². The van der Waals surface area contributed by atoms with Gasteiger partial charge in [-0.2, -0.15) is 13.2 Å². The van der Waals surface area contributed by atoms with Crippen molar-refractivity contribution in [3.05, 3.63) is 0 Å². The largest absolute Gasteiger partial charge is 0.481 e. The number of carbonyl (C=O) groups is 1. The van der Waals surface area contributed by atoms with Gasteiger partial charge >= 0.3 is 12.1 Å². The highest BCUT2D eigenvalue weighted by Gasteiger charge is 2.32. The predicted octanol–water partition coefficient (Wildman–Crippen LogP) is 2.45. The lowest BCUT2D eigenvalue weighted by Crippen LogP contribution is -2.38. The van der Waals surface area contributed by atoms with E-state index in [1.165, 1.54) is 4.90 Å². The van der Waals surface area contributed by atoms with E-state index in [2.05, 4.69) is 4.90 Å².